The van der Waals surface area contributed by atoms with Crippen LogP contribution in [0.3, 0.4) is 0 Å². The number of anilines is 1. The van der Waals surface area contributed by atoms with Gasteiger partial charge in [-0.05, 0) is 24.0 Å². The molecule has 2 nitrogen and oxygen atoms in total. The molecule has 1 aliphatic rings. The van der Waals surface area contributed by atoms with Gasteiger partial charge in [-0.3, -0.25) is 0 Å². The van der Waals surface area contributed by atoms with E-state index in [1.54, 1.807) is 11.3 Å². The van der Waals surface area contributed by atoms with E-state index in [-0.39, 0.29) is 0 Å². The van der Waals surface area contributed by atoms with E-state index in [1.165, 1.54) is 24.0 Å². The first kappa shape index (κ1) is 12.0. The van der Waals surface area contributed by atoms with Gasteiger partial charge in [0.2, 0.25) is 0 Å². The molecule has 0 amide bonds. The number of thiazole rings is 1. The van der Waals surface area contributed by atoms with Gasteiger partial charge in [0.25, 0.3) is 0 Å². The van der Waals surface area contributed by atoms with Crippen molar-refractivity contribution in [3.05, 3.63) is 46.5 Å². The SMILES string of the molecule is ClCc1csc(N2CCCc3ccccc3C2)n1. The first-order valence-corrected chi connectivity index (χ1v) is 7.60. The summed E-state index contributed by atoms with van der Waals surface area (Å²) in [6, 6.07) is 8.71. The number of nitrogens with zero attached hydrogens (tertiary/aromatic N) is 2. The maximum atomic E-state index is 5.82. The van der Waals surface area contributed by atoms with Crippen LogP contribution in [0.2, 0.25) is 0 Å². The molecule has 0 unspecified atom stereocenters. The fraction of sp³-hybridized carbons (Fsp3) is 0.357. The van der Waals surface area contributed by atoms with Crippen molar-refractivity contribution in [2.75, 3.05) is 11.4 Å². The summed E-state index contributed by atoms with van der Waals surface area (Å²) in [5.41, 5.74) is 3.89. The standard InChI is InChI=1S/C14H15ClN2S/c15-8-13-10-18-14(16-13)17-7-3-6-11-4-1-2-5-12(11)9-17/h1-2,4-5,10H,3,6-9H2. The molecule has 0 fully saturated rings. The molecule has 1 aliphatic heterocycles. The minimum absolute atomic E-state index is 0.501. The molecular formula is C14H15ClN2S. The lowest BCUT2D eigenvalue weighted by Gasteiger charge is -2.19. The lowest BCUT2D eigenvalue weighted by molar-refractivity contribution is 0.761. The van der Waals surface area contributed by atoms with Crippen LogP contribution >= 0.6 is 22.9 Å². The van der Waals surface area contributed by atoms with Gasteiger partial charge in [-0.25, -0.2) is 4.98 Å². The zero-order chi connectivity index (χ0) is 12.4. The van der Waals surface area contributed by atoms with Gasteiger partial charge >= 0.3 is 0 Å². The summed E-state index contributed by atoms with van der Waals surface area (Å²) >= 11 is 7.51. The quantitative estimate of drug-likeness (QED) is 0.776. The van der Waals surface area contributed by atoms with Gasteiger partial charge in [-0.2, -0.15) is 0 Å². The number of halogens is 1. The van der Waals surface area contributed by atoms with Crippen molar-refractivity contribution in [1.82, 2.24) is 4.98 Å². The van der Waals surface area contributed by atoms with Crippen LogP contribution in [0.1, 0.15) is 23.2 Å². The normalized spacial score (nSPS) is 15.3. The third-order valence-electron chi connectivity index (χ3n) is 3.30. The molecule has 1 aromatic heterocycles. The molecule has 0 bridgehead atoms. The summed E-state index contributed by atoms with van der Waals surface area (Å²) in [7, 11) is 0. The average molecular weight is 279 g/mol. The van der Waals surface area contributed by atoms with Crippen LogP contribution in [0.5, 0.6) is 0 Å². The van der Waals surface area contributed by atoms with E-state index in [2.05, 4.69) is 39.5 Å². The molecular weight excluding hydrogens is 264 g/mol. The van der Waals surface area contributed by atoms with Crippen LogP contribution in [0.4, 0.5) is 5.13 Å². The van der Waals surface area contributed by atoms with E-state index >= 15 is 0 Å². The smallest absolute Gasteiger partial charge is 0.185 e. The Morgan fingerprint density at radius 2 is 2.11 bits per heavy atom. The van der Waals surface area contributed by atoms with Crippen LogP contribution in [0, 0.1) is 0 Å². The summed E-state index contributed by atoms with van der Waals surface area (Å²) in [5, 5.41) is 3.15. The highest BCUT2D eigenvalue weighted by atomic mass is 35.5. The summed E-state index contributed by atoms with van der Waals surface area (Å²) < 4.78 is 0. The largest absolute Gasteiger partial charge is 0.344 e. The van der Waals surface area contributed by atoms with Gasteiger partial charge in [0, 0.05) is 18.5 Å². The van der Waals surface area contributed by atoms with Crippen molar-refractivity contribution in [3.63, 3.8) is 0 Å². The molecule has 0 radical (unpaired) electrons. The van der Waals surface area contributed by atoms with E-state index in [0.717, 1.165) is 23.9 Å². The topological polar surface area (TPSA) is 16.1 Å². The number of fused-ring (bicyclic) bond motifs is 1. The Morgan fingerprint density at radius 1 is 1.28 bits per heavy atom. The number of aromatic nitrogens is 1. The fourth-order valence-electron chi connectivity index (χ4n) is 2.37. The Bertz CT molecular complexity index is 538. The van der Waals surface area contributed by atoms with E-state index in [4.69, 9.17) is 11.6 Å². The monoisotopic (exact) mass is 278 g/mol. The maximum absolute atomic E-state index is 5.82. The third kappa shape index (κ3) is 2.38. The van der Waals surface area contributed by atoms with Gasteiger partial charge in [0.15, 0.2) is 5.13 Å². The molecule has 4 heteroatoms. The summed E-state index contributed by atoms with van der Waals surface area (Å²) in [5.74, 6) is 0.501. The maximum Gasteiger partial charge on any atom is 0.185 e. The second kappa shape index (κ2) is 5.29. The van der Waals surface area contributed by atoms with E-state index in [0.29, 0.717) is 5.88 Å². The Morgan fingerprint density at radius 3 is 2.89 bits per heavy atom. The van der Waals surface area contributed by atoms with Crippen molar-refractivity contribution in [3.8, 4) is 0 Å². The molecule has 2 aromatic rings. The first-order chi connectivity index (χ1) is 8.86. The van der Waals surface area contributed by atoms with Crippen LogP contribution in [0.25, 0.3) is 0 Å². The lowest BCUT2D eigenvalue weighted by atomic mass is 10.0. The molecule has 0 saturated heterocycles. The molecule has 2 heterocycles. The van der Waals surface area contributed by atoms with Gasteiger partial charge in [0.05, 0.1) is 11.6 Å². The van der Waals surface area contributed by atoms with E-state index in [9.17, 15) is 0 Å². The Labute approximate surface area is 116 Å². The fourth-order valence-corrected chi connectivity index (χ4v) is 3.45. The predicted molar refractivity (Wildman–Crippen MR) is 77.5 cm³/mol. The molecule has 0 aliphatic carbocycles. The minimum Gasteiger partial charge on any atom is -0.344 e. The van der Waals surface area contributed by atoms with Crippen molar-refractivity contribution >= 4 is 28.1 Å². The zero-order valence-corrected chi connectivity index (χ0v) is 11.7. The highest BCUT2D eigenvalue weighted by molar-refractivity contribution is 7.13. The predicted octanol–water partition coefficient (Wildman–Crippen LogP) is 3.83. The van der Waals surface area contributed by atoms with Gasteiger partial charge in [0.1, 0.15) is 0 Å². The lowest BCUT2D eigenvalue weighted by Crippen LogP contribution is -2.22. The van der Waals surface area contributed by atoms with Crippen molar-refractivity contribution in [1.29, 1.82) is 0 Å². The van der Waals surface area contributed by atoms with Crippen molar-refractivity contribution in [2.24, 2.45) is 0 Å². The highest BCUT2D eigenvalue weighted by Crippen LogP contribution is 2.27. The van der Waals surface area contributed by atoms with E-state index < -0.39 is 0 Å². The third-order valence-corrected chi connectivity index (χ3v) is 4.52. The number of hydrogen-bond acceptors (Lipinski definition) is 3. The Balaban J connectivity index is 1.86. The number of rotatable bonds is 2. The molecule has 0 spiro atoms. The molecule has 0 saturated carbocycles. The molecule has 3 rings (SSSR count). The highest BCUT2D eigenvalue weighted by Gasteiger charge is 2.16. The van der Waals surface area contributed by atoms with Crippen LogP contribution < -0.4 is 4.90 Å². The molecule has 1 aromatic carbocycles. The summed E-state index contributed by atoms with van der Waals surface area (Å²) in [6.07, 6.45) is 2.35. The Hall–Kier alpha value is -1.06. The molecule has 94 valence electrons. The number of aryl methyl sites for hydroxylation is 1. The van der Waals surface area contributed by atoms with Crippen LogP contribution in [-0.2, 0) is 18.8 Å². The summed E-state index contributed by atoms with van der Waals surface area (Å²) in [6.45, 7) is 2.04. The minimum atomic E-state index is 0.501. The summed E-state index contributed by atoms with van der Waals surface area (Å²) in [4.78, 5) is 6.95. The Kier molecular flexibility index (Phi) is 3.52. The van der Waals surface area contributed by atoms with Gasteiger partial charge in [-0.1, -0.05) is 24.3 Å². The number of alkyl halides is 1. The second-order valence-electron chi connectivity index (χ2n) is 4.55. The van der Waals surface area contributed by atoms with Crippen molar-refractivity contribution < 1.29 is 0 Å². The number of hydrogen-bond donors (Lipinski definition) is 0. The van der Waals surface area contributed by atoms with Crippen molar-refractivity contribution in [2.45, 2.75) is 25.3 Å². The molecule has 18 heavy (non-hydrogen) atoms. The first-order valence-electron chi connectivity index (χ1n) is 6.19. The molecule has 0 atom stereocenters. The average Bonchev–Trinajstić information content (AvgIpc) is 2.78. The van der Waals surface area contributed by atoms with E-state index in [1.807, 2.05) is 0 Å². The zero-order valence-electron chi connectivity index (χ0n) is 10.1. The molecule has 0 N–H and O–H groups in total. The second-order valence-corrected chi connectivity index (χ2v) is 5.65. The van der Waals surface area contributed by atoms with Gasteiger partial charge in [-0.15, -0.1) is 22.9 Å². The number of benzene rings is 1. The van der Waals surface area contributed by atoms with Crippen LogP contribution in [-0.4, -0.2) is 11.5 Å². The van der Waals surface area contributed by atoms with Gasteiger partial charge < -0.3 is 4.90 Å². The van der Waals surface area contributed by atoms with Crippen LogP contribution in [0.15, 0.2) is 29.6 Å².